The third-order valence-corrected chi connectivity index (χ3v) is 4.90. The van der Waals surface area contributed by atoms with E-state index in [1.165, 1.54) is 0 Å². The van der Waals surface area contributed by atoms with E-state index in [4.69, 9.17) is 0 Å². The molecule has 2 saturated carbocycles. The van der Waals surface area contributed by atoms with Gasteiger partial charge in [-0.1, -0.05) is 6.92 Å². The van der Waals surface area contributed by atoms with Gasteiger partial charge >= 0.3 is 6.03 Å². The number of hydrazine groups is 1. The second-order valence-electron chi connectivity index (χ2n) is 6.86. The van der Waals surface area contributed by atoms with Crippen molar-refractivity contribution in [2.75, 3.05) is 6.54 Å². The van der Waals surface area contributed by atoms with Gasteiger partial charge in [0.15, 0.2) is 0 Å². The predicted octanol–water partition coefficient (Wildman–Crippen LogP) is 0.0445. The quantitative estimate of drug-likeness (QED) is 0.635. The molecule has 8 nitrogen and oxygen atoms in total. The van der Waals surface area contributed by atoms with Crippen LogP contribution in [-0.2, 0) is 14.4 Å². The van der Waals surface area contributed by atoms with Crippen LogP contribution in [0.25, 0.3) is 0 Å². The molecular formula is C15H22N4O4. The largest absolute Gasteiger partial charge is 0.347 e. The summed E-state index contributed by atoms with van der Waals surface area (Å²) >= 11 is 0. The highest BCUT2D eigenvalue weighted by molar-refractivity contribution is 6.08. The highest BCUT2D eigenvalue weighted by atomic mass is 16.2. The highest BCUT2D eigenvalue weighted by Crippen LogP contribution is 2.35. The molecule has 3 rings (SSSR count). The third kappa shape index (κ3) is 3.16. The first kappa shape index (κ1) is 15.8. The molecular weight excluding hydrogens is 300 g/mol. The van der Waals surface area contributed by atoms with Gasteiger partial charge in [-0.25, -0.2) is 4.79 Å². The summed E-state index contributed by atoms with van der Waals surface area (Å²) in [5, 5.41) is 5.98. The Morgan fingerprint density at radius 2 is 1.87 bits per heavy atom. The number of carbonyl (C=O) groups excluding carboxylic acids is 4. The molecule has 0 aromatic heterocycles. The number of hydrogen-bond acceptors (Lipinski definition) is 4. The van der Waals surface area contributed by atoms with Crippen LogP contribution in [0.5, 0.6) is 0 Å². The molecule has 0 atom stereocenters. The van der Waals surface area contributed by atoms with Crippen molar-refractivity contribution in [3.63, 3.8) is 0 Å². The van der Waals surface area contributed by atoms with E-state index in [1.807, 2.05) is 0 Å². The fraction of sp³-hybridized carbons (Fsp3) is 0.733. The summed E-state index contributed by atoms with van der Waals surface area (Å²) < 4.78 is 0. The Morgan fingerprint density at radius 1 is 1.22 bits per heavy atom. The topological polar surface area (TPSA) is 108 Å². The van der Waals surface area contributed by atoms with Gasteiger partial charge < -0.3 is 10.6 Å². The molecule has 0 aromatic carbocycles. The van der Waals surface area contributed by atoms with Gasteiger partial charge in [-0.05, 0) is 44.4 Å². The maximum Gasteiger partial charge on any atom is 0.344 e. The zero-order valence-corrected chi connectivity index (χ0v) is 13.2. The second kappa shape index (κ2) is 5.82. The second-order valence-corrected chi connectivity index (χ2v) is 6.86. The summed E-state index contributed by atoms with van der Waals surface area (Å²) in [5.41, 5.74) is 1.41. The molecule has 3 aliphatic rings. The molecule has 1 heterocycles. The lowest BCUT2D eigenvalue weighted by atomic mass is 9.77. The number of rotatable bonds is 4. The number of hydrogen-bond donors (Lipinski definition) is 3. The summed E-state index contributed by atoms with van der Waals surface area (Å²) in [6.07, 6.45) is 4.60. The fourth-order valence-corrected chi connectivity index (χ4v) is 3.14. The first-order valence-corrected chi connectivity index (χ1v) is 8.15. The fourth-order valence-electron chi connectivity index (χ4n) is 3.14. The maximum absolute atomic E-state index is 12.5. The monoisotopic (exact) mass is 322 g/mol. The highest BCUT2D eigenvalue weighted by Gasteiger charge is 2.52. The molecule has 8 heteroatoms. The van der Waals surface area contributed by atoms with Crippen molar-refractivity contribution in [3.8, 4) is 0 Å². The van der Waals surface area contributed by atoms with Crippen LogP contribution in [0.2, 0.25) is 0 Å². The van der Waals surface area contributed by atoms with Crippen molar-refractivity contribution in [1.29, 1.82) is 0 Å². The Morgan fingerprint density at radius 3 is 2.48 bits per heavy atom. The summed E-state index contributed by atoms with van der Waals surface area (Å²) in [5.74, 6) is -0.603. The Bertz CT molecular complexity index is 550. The van der Waals surface area contributed by atoms with Crippen molar-refractivity contribution in [3.05, 3.63) is 0 Å². The zero-order valence-electron chi connectivity index (χ0n) is 13.2. The van der Waals surface area contributed by atoms with Crippen LogP contribution in [0.1, 0.15) is 45.4 Å². The third-order valence-electron chi connectivity index (χ3n) is 4.90. The summed E-state index contributed by atoms with van der Waals surface area (Å²) in [6.45, 7) is 1.88. The molecule has 0 bridgehead atoms. The van der Waals surface area contributed by atoms with Crippen molar-refractivity contribution >= 4 is 23.8 Å². The van der Waals surface area contributed by atoms with Crippen LogP contribution in [-0.4, -0.2) is 40.8 Å². The lowest BCUT2D eigenvalue weighted by Crippen LogP contribution is -2.52. The van der Waals surface area contributed by atoms with Gasteiger partial charge in [0, 0.05) is 5.92 Å². The van der Waals surface area contributed by atoms with E-state index in [-0.39, 0.29) is 18.4 Å². The first-order valence-electron chi connectivity index (χ1n) is 8.15. The number of nitrogens with one attached hydrogen (secondary N) is 3. The van der Waals surface area contributed by atoms with Crippen molar-refractivity contribution < 1.29 is 19.2 Å². The molecule has 2 aliphatic carbocycles. The molecule has 1 spiro atoms. The summed E-state index contributed by atoms with van der Waals surface area (Å²) in [7, 11) is 0. The van der Waals surface area contributed by atoms with Gasteiger partial charge in [0.25, 0.3) is 11.8 Å². The van der Waals surface area contributed by atoms with E-state index in [0.717, 1.165) is 30.7 Å². The van der Waals surface area contributed by atoms with Gasteiger partial charge in [0.1, 0.15) is 5.54 Å². The van der Waals surface area contributed by atoms with E-state index >= 15 is 0 Å². The molecule has 23 heavy (non-hydrogen) atoms. The summed E-state index contributed by atoms with van der Waals surface area (Å²) in [6, 6.07) is -0.605. The number of imide groups is 1. The number of urea groups is 1. The van der Waals surface area contributed by atoms with E-state index in [0.29, 0.717) is 18.8 Å². The van der Waals surface area contributed by atoms with E-state index in [1.54, 1.807) is 0 Å². The van der Waals surface area contributed by atoms with Gasteiger partial charge in [-0.15, -0.1) is 0 Å². The molecule has 0 unspecified atom stereocenters. The molecule has 126 valence electrons. The van der Waals surface area contributed by atoms with E-state index in [9.17, 15) is 19.2 Å². The number of amides is 5. The lowest BCUT2D eigenvalue weighted by molar-refractivity contribution is -0.140. The molecule has 3 fully saturated rings. The average molecular weight is 322 g/mol. The smallest absolute Gasteiger partial charge is 0.344 e. The lowest BCUT2D eigenvalue weighted by Gasteiger charge is -2.33. The standard InChI is InChI=1S/C15H22N4O4/c1-9-4-6-15(7-5-9)13(22)19(14(23)17-15)18-11(20)8-16-12(21)10-2-3-10/h9-10H,2-8H2,1H3,(H,16,21)(H,17,23)(H,18,20). The molecule has 3 N–H and O–H groups in total. The minimum atomic E-state index is -0.881. The minimum Gasteiger partial charge on any atom is -0.347 e. The minimum absolute atomic E-state index is 0.00650. The van der Waals surface area contributed by atoms with Gasteiger partial charge in [-0.3, -0.25) is 19.8 Å². The van der Waals surface area contributed by atoms with Crippen LogP contribution in [0, 0.1) is 11.8 Å². The van der Waals surface area contributed by atoms with Crippen LogP contribution in [0.15, 0.2) is 0 Å². The average Bonchev–Trinajstić information content (AvgIpc) is 3.33. The van der Waals surface area contributed by atoms with Crippen LogP contribution >= 0.6 is 0 Å². The maximum atomic E-state index is 12.5. The molecule has 0 aromatic rings. The Hall–Kier alpha value is -2.12. The Labute approximate surface area is 134 Å². The molecule has 1 saturated heterocycles. The number of nitrogens with zero attached hydrogens (tertiary/aromatic N) is 1. The van der Waals surface area contributed by atoms with Gasteiger partial charge in [0.2, 0.25) is 5.91 Å². The van der Waals surface area contributed by atoms with Crippen molar-refractivity contribution in [2.24, 2.45) is 11.8 Å². The Balaban J connectivity index is 1.55. The van der Waals surface area contributed by atoms with Gasteiger partial charge in [0.05, 0.1) is 6.54 Å². The zero-order chi connectivity index (χ0) is 16.6. The van der Waals surface area contributed by atoms with E-state index in [2.05, 4.69) is 23.0 Å². The molecule has 0 radical (unpaired) electrons. The molecule has 1 aliphatic heterocycles. The van der Waals surface area contributed by atoms with E-state index < -0.39 is 23.4 Å². The van der Waals surface area contributed by atoms with Crippen molar-refractivity contribution in [1.82, 2.24) is 21.1 Å². The molecule has 5 amide bonds. The van der Waals surface area contributed by atoms with Gasteiger partial charge in [-0.2, -0.15) is 5.01 Å². The van der Waals surface area contributed by atoms with Crippen LogP contribution < -0.4 is 16.1 Å². The van der Waals surface area contributed by atoms with Crippen LogP contribution in [0.4, 0.5) is 4.79 Å². The first-order chi connectivity index (χ1) is 10.9. The summed E-state index contributed by atoms with van der Waals surface area (Å²) in [4.78, 5) is 47.9. The normalized spacial score (nSPS) is 30.3. The van der Waals surface area contributed by atoms with Crippen molar-refractivity contribution in [2.45, 2.75) is 51.0 Å². The number of carbonyl (C=O) groups is 4. The Kier molecular flexibility index (Phi) is 3.99. The predicted molar refractivity (Wildman–Crippen MR) is 79.6 cm³/mol. The van der Waals surface area contributed by atoms with Crippen LogP contribution in [0.3, 0.4) is 0 Å². The SMILES string of the molecule is CC1CCC2(CC1)NC(=O)N(NC(=O)CNC(=O)C1CC1)C2=O.